The predicted molar refractivity (Wildman–Crippen MR) is 116 cm³/mol. The van der Waals surface area contributed by atoms with Crippen LogP contribution in [0.3, 0.4) is 0 Å². The maximum absolute atomic E-state index is 12.6. The van der Waals surface area contributed by atoms with E-state index in [2.05, 4.69) is 4.40 Å². The number of carbonyl (C=O) groups excluding carboxylic acids is 2. The number of nitrogens with zero attached hydrogens (tertiary/aromatic N) is 3. The summed E-state index contributed by atoms with van der Waals surface area (Å²) in [5, 5.41) is 8.89. The first-order valence-corrected chi connectivity index (χ1v) is 12.1. The van der Waals surface area contributed by atoms with Crippen molar-refractivity contribution in [3.63, 3.8) is 0 Å². The highest BCUT2D eigenvalue weighted by Crippen LogP contribution is 2.39. The monoisotopic (exact) mass is 485 g/mol. The molecule has 13 heteroatoms. The van der Waals surface area contributed by atoms with Gasteiger partial charge in [0.2, 0.25) is 0 Å². The van der Waals surface area contributed by atoms with E-state index in [4.69, 9.17) is 4.74 Å². The average molecular weight is 486 g/mol. The molecule has 10 nitrogen and oxygen atoms in total. The average Bonchev–Trinajstić information content (AvgIpc) is 2.71. The van der Waals surface area contributed by atoms with Crippen molar-refractivity contribution >= 4 is 57.5 Å². The first kappa shape index (κ1) is 23.3. The third kappa shape index (κ3) is 4.63. The van der Waals surface area contributed by atoms with Crippen molar-refractivity contribution in [1.29, 1.82) is 0 Å². The molecular formula is C18H19N3O7S3. The molecule has 0 spiro atoms. The fourth-order valence-electron chi connectivity index (χ4n) is 2.82. The van der Waals surface area contributed by atoms with Crippen LogP contribution in [0.5, 0.6) is 0 Å². The van der Waals surface area contributed by atoms with E-state index in [1.165, 1.54) is 37.9 Å². The van der Waals surface area contributed by atoms with Gasteiger partial charge in [-0.1, -0.05) is 17.7 Å². The topological polar surface area (TPSA) is 134 Å². The van der Waals surface area contributed by atoms with Crippen LogP contribution in [0.15, 0.2) is 44.8 Å². The fourth-order valence-corrected chi connectivity index (χ4v) is 6.00. The zero-order valence-corrected chi connectivity index (χ0v) is 19.2. The lowest BCUT2D eigenvalue weighted by Gasteiger charge is -2.44. The second-order valence-corrected chi connectivity index (χ2v) is 10.8. The summed E-state index contributed by atoms with van der Waals surface area (Å²) < 4.78 is 35.2. The minimum Gasteiger partial charge on any atom is -0.477 e. The van der Waals surface area contributed by atoms with E-state index >= 15 is 0 Å². The van der Waals surface area contributed by atoms with E-state index in [9.17, 15) is 27.9 Å². The summed E-state index contributed by atoms with van der Waals surface area (Å²) in [6.07, 6.45) is 0. The Labute approximate surface area is 187 Å². The van der Waals surface area contributed by atoms with E-state index in [0.29, 0.717) is 17.7 Å². The fraction of sp³-hybridized carbons (Fsp3) is 0.333. The molecule has 31 heavy (non-hydrogen) atoms. The Bertz CT molecular complexity index is 1100. The number of fused-ring (bicyclic) bond motifs is 1. The molecule has 1 atom stereocenters. The van der Waals surface area contributed by atoms with Gasteiger partial charge >= 0.3 is 11.9 Å². The molecular weight excluding hydrogens is 466 g/mol. The number of carboxylic acids is 1. The molecule has 0 radical (unpaired) electrons. The van der Waals surface area contributed by atoms with Gasteiger partial charge in [-0.2, -0.15) is 4.40 Å². The Hall–Kier alpha value is -2.35. The molecule has 3 rings (SSSR count). The number of thioether (sulfide) groups is 1. The summed E-state index contributed by atoms with van der Waals surface area (Å²) in [5.41, 5.74) is 1.05. The Morgan fingerprint density at radius 2 is 2.00 bits per heavy atom. The number of aryl methyl sites for hydroxylation is 1. The van der Waals surface area contributed by atoms with Crippen molar-refractivity contribution in [2.75, 3.05) is 19.4 Å². The maximum Gasteiger partial charge on any atom is 0.352 e. The van der Waals surface area contributed by atoms with Crippen molar-refractivity contribution in [2.24, 2.45) is 4.40 Å². The molecule has 1 amide bonds. The quantitative estimate of drug-likeness (QED) is 0.346. The van der Waals surface area contributed by atoms with E-state index in [0.717, 1.165) is 14.2 Å². The van der Waals surface area contributed by atoms with Crippen molar-refractivity contribution < 1.29 is 32.6 Å². The van der Waals surface area contributed by atoms with Crippen molar-refractivity contribution in [3.05, 3.63) is 41.1 Å². The summed E-state index contributed by atoms with van der Waals surface area (Å²) in [7, 11) is -2.51. The minimum atomic E-state index is -3.83. The van der Waals surface area contributed by atoms with Crippen molar-refractivity contribution in [2.45, 2.75) is 24.1 Å². The van der Waals surface area contributed by atoms with Crippen molar-refractivity contribution in [3.8, 4) is 0 Å². The Morgan fingerprint density at radius 3 is 2.58 bits per heavy atom. The van der Waals surface area contributed by atoms with Crippen LogP contribution in [0, 0.1) is 6.92 Å². The molecule has 1 N–H and O–H groups in total. The number of carbonyl (C=O) groups is 3. The number of β-lactam (4-membered cyclic amide) rings is 1. The van der Waals surface area contributed by atoms with Gasteiger partial charge in [0, 0.05) is 25.3 Å². The van der Waals surface area contributed by atoms with Gasteiger partial charge in [-0.15, -0.1) is 15.5 Å². The lowest BCUT2D eigenvalue weighted by Crippen LogP contribution is -2.62. The molecule has 1 aromatic carbocycles. The van der Waals surface area contributed by atoms with Crippen LogP contribution in [-0.4, -0.2) is 70.5 Å². The molecule has 0 aliphatic carbocycles. The zero-order valence-electron chi connectivity index (χ0n) is 16.8. The van der Waals surface area contributed by atoms with Gasteiger partial charge in [-0.3, -0.25) is 14.5 Å². The largest absolute Gasteiger partial charge is 0.477 e. The van der Waals surface area contributed by atoms with Crippen LogP contribution in [0.2, 0.25) is 0 Å². The van der Waals surface area contributed by atoms with Gasteiger partial charge in [0.1, 0.15) is 23.4 Å². The minimum absolute atomic E-state index is 0.0613. The van der Waals surface area contributed by atoms with Gasteiger partial charge in [0.15, 0.2) is 0 Å². The van der Waals surface area contributed by atoms with Crippen LogP contribution in [0.1, 0.15) is 12.5 Å². The second-order valence-electron chi connectivity index (χ2n) is 6.66. The highest BCUT2D eigenvalue weighted by molar-refractivity contribution is 8.08. The van der Waals surface area contributed by atoms with E-state index in [1.54, 1.807) is 12.1 Å². The zero-order chi connectivity index (χ0) is 22.9. The summed E-state index contributed by atoms with van der Waals surface area (Å²) in [6.45, 7) is 2.82. The maximum atomic E-state index is 12.6. The van der Waals surface area contributed by atoms with E-state index < -0.39 is 33.2 Å². The molecule has 0 saturated carbocycles. The van der Waals surface area contributed by atoms with Crippen LogP contribution in [0.25, 0.3) is 0 Å². The number of benzene rings is 1. The standard InChI is InChI=1S/C18H19N3O7S3/c1-10-4-6-13(7-5-10)31(26,27)20(3)30-19-14-16(23)21-15(18(24)25)12(8-28-11(2)22)9-29-17(14)21/h4-7,17H,8-9H2,1-3H3,(H,24,25)/b19-14-/t17-/m1/s1. The molecule has 0 bridgehead atoms. The van der Waals surface area contributed by atoms with Gasteiger partial charge < -0.3 is 9.84 Å². The summed E-state index contributed by atoms with van der Waals surface area (Å²) in [5.74, 6) is -2.28. The number of carboxylic acid groups (broad SMARTS) is 1. The van der Waals surface area contributed by atoms with Crippen LogP contribution < -0.4 is 0 Å². The number of aliphatic carboxylic acids is 1. The number of ether oxygens (including phenoxy) is 1. The van der Waals surface area contributed by atoms with Gasteiger partial charge in [0.05, 0.1) is 17.0 Å². The van der Waals surface area contributed by atoms with Gasteiger partial charge in [0.25, 0.3) is 15.9 Å². The third-order valence-corrected chi connectivity index (χ3v) is 8.57. The molecule has 166 valence electrons. The van der Waals surface area contributed by atoms with Crippen LogP contribution in [-0.2, 0) is 29.1 Å². The predicted octanol–water partition coefficient (Wildman–Crippen LogP) is 1.44. The highest BCUT2D eigenvalue weighted by atomic mass is 32.3. The van der Waals surface area contributed by atoms with Crippen LogP contribution in [0.4, 0.5) is 0 Å². The lowest BCUT2D eigenvalue weighted by molar-refractivity contribution is -0.141. The van der Waals surface area contributed by atoms with Gasteiger partial charge in [-0.25, -0.2) is 13.2 Å². The molecule has 2 heterocycles. The smallest absolute Gasteiger partial charge is 0.352 e. The van der Waals surface area contributed by atoms with Crippen molar-refractivity contribution in [1.82, 2.24) is 8.61 Å². The summed E-state index contributed by atoms with van der Waals surface area (Å²) in [4.78, 5) is 36.5. The first-order chi connectivity index (χ1) is 14.5. The highest BCUT2D eigenvalue weighted by Gasteiger charge is 2.51. The third-order valence-electron chi connectivity index (χ3n) is 4.46. The summed E-state index contributed by atoms with van der Waals surface area (Å²) in [6, 6.07) is 6.32. The SMILES string of the molecule is CC(=O)OCC1=C(C(=O)O)N2C(=O)/C(=N/SN(C)S(=O)(=O)c3ccc(C)cc3)[C@H]2SC1. The summed E-state index contributed by atoms with van der Waals surface area (Å²) >= 11 is 1.83. The molecule has 2 aliphatic rings. The second kappa shape index (κ2) is 9.02. The molecule has 0 aromatic heterocycles. The molecule has 1 saturated heterocycles. The van der Waals surface area contributed by atoms with Crippen LogP contribution >= 0.6 is 23.9 Å². The van der Waals surface area contributed by atoms with Gasteiger partial charge in [-0.05, 0) is 19.1 Å². The first-order valence-electron chi connectivity index (χ1n) is 8.88. The van der Waals surface area contributed by atoms with E-state index in [-0.39, 0.29) is 28.7 Å². The number of hydrogen-bond donors (Lipinski definition) is 1. The Balaban J connectivity index is 1.76. The number of rotatable bonds is 7. The molecule has 1 fully saturated rings. The molecule has 2 aliphatic heterocycles. The van der Waals surface area contributed by atoms with E-state index in [1.807, 2.05) is 6.92 Å². The Kier molecular flexibility index (Phi) is 6.79. The number of sulfonamides is 1. The number of amides is 1. The molecule has 1 aromatic rings. The number of hydrogen-bond acceptors (Lipinski definition) is 9. The molecule has 0 unspecified atom stereocenters. The normalized spacial score (nSPS) is 20.0. The number of esters is 1. The Morgan fingerprint density at radius 1 is 1.35 bits per heavy atom. The lowest BCUT2D eigenvalue weighted by atomic mass is 10.1.